The standard InChI is InChI=1S/C10H16N2O/c1-8-9(5-4-6-12-8)10(11-2)7-13-3/h4-6,10-11H,7H2,1-3H3. The summed E-state index contributed by atoms with van der Waals surface area (Å²) in [5.41, 5.74) is 2.26. The zero-order chi connectivity index (χ0) is 9.68. The maximum Gasteiger partial charge on any atom is 0.0658 e. The molecule has 1 N–H and O–H groups in total. The number of hydrogen-bond acceptors (Lipinski definition) is 3. The van der Waals surface area contributed by atoms with Gasteiger partial charge in [-0.2, -0.15) is 0 Å². The number of hydrogen-bond donors (Lipinski definition) is 1. The van der Waals surface area contributed by atoms with Crippen LogP contribution in [0.3, 0.4) is 0 Å². The monoisotopic (exact) mass is 180 g/mol. The molecule has 0 bridgehead atoms. The van der Waals surface area contributed by atoms with Crippen LogP contribution in [-0.2, 0) is 4.74 Å². The first-order valence-corrected chi connectivity index (χ1v) is 4.37. The minimum atomic E-state index is 0.235. The Balaban J connectivity index is 2.84. The average Bonchev–Trinajstić information content (AvgIpc) is 2.16. The summed E-state index contributed by atoms with van der Waals surface area (Å²) in [5, 5.41) is 3.20. The van der Waals surface area contributed by atoms with Crippen molar-refractivity contribution >= 4 is 0 Å². The van der Waals surface area contributed by atoms with Gasteiger partial charge in [-0.15, -0.1) is 0 Å². The molecule has 1 atom stereocenters. The fraction of sp³-hybridized carbons (Fsp3) is 0.500. The molecule has 0 saturated carbocycles. The van der Waals surface area contributed by atoms with Crippen LogP contribution in [0.4, 0.5) is 0 Å². The normalized spacial score (nSPS) is 12.8. The first-order valence-electron chi connectivity index (χ1n) is 4.37. The van der Waals surface area contributed by atoms with Crippen molar-refractivity contribution in [3.8, 4) is 0 Å². The van der Waals surface area contributed by atoms with Crippen LogP contribution in [0.2, 0.25) is 0 Å². The van der Waals surface area contributed by atoms with E-state index in [1.54, 1.807) is 13.3 Å². The minimum Gasteiger partial charge on any atom is -0.383 e. The summed E-state index contributed by atoms with van der Waals surface area (Å²) in [7, 11) is 3.63. The van der Waals surface area contributed by atoms with Crippen LogP contribution in [0.15, 0.2) is 18.3 Å². The topological polar surface area (TPSA) is 34.1 Å². The molecule has 0 aliphatic carbocycles. The molecule has 0 aliphatic heterocycles. The highest BCUT2D eigenvalue weighted by Crippen LogP contribution is 2.14. The van der Waals surface area contributed by atoms with Crippen LogP contribution >= 0.6 is 0 Å². The second kappa shape index (κ2) is 4.94. The largest absolute Gasteiger partial charge is 0.383 e. The van der Waals surface area contributed by atoms with Crippen molar-refractivity contribution in [1.29, 1.82) is 0 Å². The zero-order valence-electron chi connectivity index (χ0n) is 8.37. The minimum absolute atomic E-state index is 0.235. The van der Waals surface area contributed by atoms with E-state index in [0.717, 1.165) is 5.69 Å². The highest BCUT2D eigenvalue weighted by molar-refractivity contribution is 5.22. The molecule has 0 amide bonds. The lowest BCUT2D eigenvalue weighted by molar-refractivity contribution is 0.170. The summed E-state index contributed by atoms with van der Waals surface area (Å²) >= 11 is 0. The number of methoxy groups -OCH3 is 1. The van der Waals surface area contributed by atoms with Gasteiger partial charge in [-0.05, 0) is 25.6 Å². The SMILES string of the molecule is CNC(COC)c1cccnc1C. The number of rotatable bonds is 4. The van der Waals surface area contributed by atoms with Gasteiger partial charge in [0.25, 0.3) is 0 Å². The first kappa shape index (κ1) is 10.2. The Morgan fingerprint density at radius 3 is 2.92 bits per heavy atom. The molecule has 3 nitrogen and oxygen atoms in total. The molecule has 0 aliphatic rings. The third-order valence-electron chi connectivity index (χ3n) is 2.11. The van der Waals surface area contributed by atoms with Crippen LogP contribution in [0.1, 0.15) is 17.3 Å². The van der Waals surface area contributed by atoms with Gasteiger partial charge in [0.2, 0.25) is 0 Å². The molecule has 72 valence electrons. The van der Waals surface area contributed by atoms with Crippen LogP contribution < -0.4 is 5.32 Å². The third-order valence-corrected chi connectivity index (χ3v) is 2.11. The molecule has 1 aromatic rings. The number of nitrogens with zero attached hydrogens (tertiary/aromatic N) is 1. The fourth-order valence-corrected chi connectivity index (χ4v) is 1.36. The van der Waals surface area contributed by atoms with Crippen LogP contribution in [0.25, 0.3) is 0 Å². The van der Waals surface area contributed by atoms with E-state index in [1.165, 1.54) is 5.56 Å². The lowest BCUT2D eigenvalue weighted by Gasteiger charge is -2.16. The molecule has 0 spiro atoms. The van der Waals surface area contributed by atoms with E-state index in [-0.39, 0.29) is 6.04 Å². The predicted molar refractivity (Wildman–Crippen MR) is 52.7 cm³/mol. The fourth-order valence-electron chi connectivity index (χ4n) is 1.36. The van der Waals surface area contributed by atoms with Gasteiger partial charge >= 0.3 is 0 Å². The van der Waals surface area contributed by atoms with E-state index in [2.05, 4.69) is 16.4 Å². The van der Waals surface area contributed by atoms with Crippen molar-refractivity contribution < 1.29 is 4.74 Å². The molecule has 0 aromatic carbocycles. The first-order chi connectivity index (χ1) is 6.29. The molecular weight excluding hydrogens is 164 g/mol. The van der Waals surface area contributed by atoms with Crippen molar-refractivity contribution in [2.75, 3.05) is 20.8 Å². The summed E-state index contributed by atoms with van der Waals surface area (Å²) in [6, 6.07) is 4.25. The van der Waals surface area contributed by atoms with Gasteiger partial charge in [-0.3, -0.25) is 4.98 Å². The Labute approximate surface area is 79.1 Å². The molecule has 1 heterocycles. The number of likely N-dealkylation sites (N-methyl/N-ethyl adjacent to an activating group) is 1. The summed E-state index contributed by atoms with van der Waals surface area (Å²) in [6.45, 7) is 2.68. The van der Waals surface area contributed by atoms with Gasteiger partial charge in [-0.1, -0.05) is 6.07 Å². The number of pyridine rings is 1. The molecular formula is C10H16N2O. The molecule has 0 saturated heterocycles. The molecule has 1 aromatic heterocycles. The van der Waals surface area contributed by atoms with Gasteiger partial charge in [0.05, 0.1) is 12.6 Å². The van der Waals surface area contributed by atoms with Crippen LogP contribution in [-0.4, -0.2) is 25.7 Å². The Morgan fingerprint density at radius 1 is 1.62 bits per heavy atom. The van der Waals surface area contributed by atoms with Crippen molar-refractivity contribution in [1.82, 2.24) is 10.3 Å². The lowest BCUT2D eigenvalue weighted by atomic mass is 10.1. The summed E-state index contributed by atoms with van der Waals surface area (Å²) in [5.74, 6) is 0. The molecule has 0 radical (unpaired) electrons. The van der Waals surface area contributed by atoms with Crippen molar-refractivity contribution in [3.05, 3.63) is 29.6 Å². The smallest absolute Gasteiger partial charge is 0.0658 e. The van der Waals surface area contributed by atoms with Crippen LogP contribution in [0.5, 0.6) is 0 Å². The van der Waals surface area contributed by atoms with E-state index >= 15 is 0 Å². The predicted octanol–water partition coefficient (Wildman–Crippen LogP) is 1.30. The quantitative estimate of drug-likeness (QED) is 0.758. The van der Waals surface area contributed by atoms with E-state index in [9.17, 15) is 0 Å². The molecule has 3 heteroatoms. The van der Waals surface area contributed by atoms with Crippen molar-refractivity contribution in [2.24, 2.45) is 0 Å². The highest BCUT2D eigenvalue weighted by atomic mass is 16.5. The lowest BCUT2D eigenvalue weighted by Crippen LogP contribution is -2.22. The van der Waals surface area contributed by atoms with E-state index in [4.69, 9.17) is 4.74 Å². The second-order valence-electron chi connectivity index (χ2n) is 2.97. The summed E-state index contributed by atoms with van der Waals surface area (Å²) in [4.78, 5) is 4.23. The average molecular weight is 180 g/mol. The Morgan fingerprint density at radius 2 is 2.38 bits per heavy atom. The van der Waals surface area contributed by atoms with E-state index in [1.807, 2.05) is 20.0 Å². The highest BCUT2D eigenvalue weighted by Gasteiger charge is 2.10. The van der Waals surface area contributed by atoms with Gasteiger partial charge in [0, 0.05) is 19.0 Å². The summed E-state index contributed by atoms with van der Waals surface area (Å²) < 4.78 is 5.11. The van der Waals surface area contributed by atoms with Gasteiger partial charge in [0.1, 0.15) is 0 Å². The number of nitrogens with one attached hydrogen (secondary N) is 1. The van der Waals surface area contributed by atoms with Crippen LogP contribution in [0, 0.1) is 6.92 Å². The Hall–Kier alpha value is -0.930. The van der Waals surface area contributed by atoms with E-state index in [0.29, 0.717) is 6.61 Å². The van der Waals surface area contributed by atoms with Crippen molar-refractivity contribution in [3.63, 3.8) is 0 Å². The number of aromatic nitrogens is 1. The van der Waals surface area contributed by atoms with E-state index < -0.39 is 0 Å². The number of ether oxygens (including phenoxy) is 1. The van der Waals surface area contributed by atoms with Gasteiger partial charge < -0.3 is 10.1 Å². The summed E-state index contributed by atoms with van der Waals surface area (Å²) in [6.07, 6.45) is 1.80. The molecule has 0 fully saturated rings. The van der Waals surface area contributed by atoms with Gasteiger partial charge in [0.15, 0.2) is 0 Å². The second-order valence-corrected chi connectivity index (χ2v) is 2.97. The maximum absolute atomic E-state index is 5.11. The molecule has 13 heavy (non-hydrogen) atoms. The molecule has 1 rings (SSSR count). The number of aryl methyl sites for hydroxylation is 1. The Kier molecular flexibility index (Phi) is 3.86. The Bertz CT molecular complexity index is 263. The maximum atomic E-state index is 5.11. The van der Waals surface area contributed by atoms with Crippen molar-refractivity contribution in [2.45, 2.75) is 13.0 Å². The van der Waals surface area contributed by atoms with Gasteiger partial charge in [-0.25, -0.2) is 0 Å². The third kappa shape index (κ3) is 2.50. The zero-order valence-corrected chi connectivity index (χ0v) is 8.37. The molecule has 1 unspecified atom stereocenters.